The highest BCUT2D eigenvalue weighted by molar-refractivity contribution is 5.85. The first kappa shape index (κ1) is 21.1. The zero-order chi connectivity index (χ0) is 21.4. The van der Waals surface area contributed by atoms with Gasteiger partial charge in [0.25, 0.3) is 0 Å². The summed E-state index contributed by atoms with van der Waals surface area (Å²) in [5.41, 5.74) is 3.52. The molecule has 0 bridgehead atoms. The highest BCUT2D eigenvalue weighted by Gasteiger charge is 2.61. The summed E-state index contributed by atoms with van der Waals surface area (Å²) in [5, 5.41) is 0. The van der Waals surface area contributed by atoms with Crippen LogP contribution in [0.5, 0.6) is 0 Å². The summed E-state index contributed by atoms with van der Waals surface area (Å²) >= 11 is 0. The maximum absolute atomic E-state index is 12.7. The smallest absolute Gasteiger partial charge is 0.138 e. The summed E-state index contributed by atoms with van der Waals surface area (Å²) in [6.45, 7) is 15.8. The molecule has 2 fully saturated rings. The Bertz CT molecular complexity index is 814. The van der Waals surface area contributed by atoms with Crippen molar-refractivity contribution in [2.24, 2.45) is 39.4 Å². The minimum absolute atomic E-state index is 0.152. The van der Waals surface area contributed by atoms with Crippen LogP contribution in [0.3, 0.4) is 0 Å². The van der Waals surface area contributed by atoms with Crippen molar-refractivity contribution < 1.29 is 9.59 Å². The van der Waals surface area contributed by atoms with Gasteiger partial charge in [-0.2, -0.15) is 0 Å². The van der Waals surface area contributed by atoms with Gasteiger partial charge >= 0.3 is 0 Å². The van der Waals surface area contributed by atoms with Gasteiger partial charge in [-0.1, -0.05) is 53.7 Å². The minimum Gasteiger partial charge on any atom is -0.300 e. The molecule has 0 N–H and O–H groups in total. The fraction of sp³-hybridized carbons (Fsp3) is 0.778. The van der Waals surface area contributed by atoms with E-state index < -0.39 is 0 Å². The third kappa shape index (κ3) is 2.66. The van der Waals surface area contributed by atoms with Crippen LogP contribution in [-0.2, 0) is 9.59 Å². The molecule has 0 unspecified atom stereocenters. The Labute approximate surface area is 177 Å². The molecule has 0 aliphatic heterocycles. The Morgan fingerprint density at radius 3 is 2.48 bits per heavy atom. The number of hydrogen-bond donors (Lipinski definition) is 0. The Hall–Kier alpha value is -1.18. The first-order chi connectivity index (χ1) is 13.4. The van der Waals surface area contributed by atoms with Gasteiger partial charge in [-0.05, 0) is 84.2 Å². The molecule has 0 aromatic carbocycles. The van der Waals surface area contributed by atoms with E-state index in [9.17, 15) is 9.59 Å². The number of carbonyl (C=O) groups is 2. The number of fused-ring (bicyclic) bond motifs is 5. The van der Waals surface area contributed by atoms with Crippen LogP contribution < -0.4 is 0 Å². The standard InChI is InChI=1S/C27H40O2/c1-17(16-18(2)28)26(6)14-11-21-19-8-9-22-24(3,4)23(29)12-13-25(22,5)20(19)10-15-27(21,26)7/h8,11,17,20,22H,9-10,12-16H2,1-7H3/t17-,20-,22+,25-,26+,27-/m1/s1. The maximum Gasteiger partial charge on any atom is 0.138 e. The molecule has 160 valence electrons. The van der Waals surface area contributed by atoms with Crippen molar-refractivity contribution in [3.8, 4) is 0 Å². The number of carbonyl (C=O) groups excluding carboxylic acids is 2. The van der Waals surface area contributed by atoms with Crippen molar-refractivity contribution >= 4 is 11.6 Å². The lowest BCUT2D eigenvalue weighted by atomic mass is 9.43. The molecule has 0 heterocycles. The maximum atomic E-state index is 12.7. The van der Waals surface area contributed by atoms with E-state index in [1.807, 2.05) is 0 Å². The summed E-state index contributed by atoms with van der Waals surface area (Å²) in [4.78, 5) is 24.6. The van der Waals surface area contributed by atoms with Crippen molar-refractivity contribution in [2.45, 2.75) is 93.4 Å². The van der Waals surface area contributed by atoms with Gasteiger partial charge in [0, 0.05) is 18.3 Å². The molecule has 0 saturated heterocycles. The lowest BCUT2D eigenvalue weighted by Gasteiger charge is -2.60. The quantitative estimate of drug-likeness (QED) is 0.532. The van der Waals surface area contributed by atoms with Crippen LogP contribution in [0, 0.1) is 39.4 Å². The van der Waals surface area contributed by atoms with Crippen molar-refractivity contribution in [3.63, 3.8) is 0 Å². The summed E-state index contributed by atoms with van der Waals surface area (Å²) in [6.07, 6.45) is 12.1. The van der Waals surface area contributed by atoms with E-state index in [-0.39, 0.29) is 21.7 Å². The largest absolute Gasteiger partial charge is 0.300 e. The second-order valence-electron chi connectivity index (χ2n) is 12.1. The molecule has 29 heavy (non-hydrogen) atoms. The molecule has 0 spiro atoms. The Morgan fingerprint density at radius 1 is 1.14 bits per heavy atom. The molecule has 0 amide bonds. The van der Waals surface area contributed by atoms with Gasteiger partial charge in [0.1, 0.15) is 11.6 Å². The van der Waals surface area contributed by atoms with Crippen molar-refractivity contribution in [2.75, 3.05) is 0 Å². The molecule has 0 aromatic rings. The average molecular weight is 397 g/mol. The van der Waals surface area contributed by atoms with E-state index >= 15 is 0 Å². The molecule has 4 rings (SSSR count). The molecule has 4 aliphatic carbocycles. The average Bonchev–Trinajstić information content (AvgIpc) is 2.91. The summed E-state index contributed by atoms with van der Waals surface area (Å²) in [7, 11) is 0. The number of allylic oxidation sites excluding steroid dienone is 4. The van der Waals surface area contributed by atoms with E-state index in [2.05, 4.69) is 53.7 Å². The van der Waals surface area contributed by atoms with E-state index in [4.69, 9.17) is 0 Å². The molecule has 0 aromatic heterocycles. The van der Waals surface area contributed by atoms with Crippen molar-refractivity contribution in [3.05, 3.63) is 23.3 Å². The van der Waals surface area contributed by atoms with Crippen molar-refractivity contribution in [1.29, 1.82) is 0 Å². The Balaban J connectivity index is 1.71. The van der Waals surface area contributed by atoms with Crippen molar-refractivity contribution in [1.82, 2.24) is 0 Å². The lowest BCUT2D eigenvalue weighted by Crippen LogP contribution is -2.55. The van der Waals surface area contributed by atoms with E-state index in [0.29, 0.717) is 35.7 Å². The third-order valence-electron chi connectivity index (χ3n) is 10.5. The van der Waals surface area contributed by atoms with Gasteiger partial charge in [-0.3, -0.25) is 4.79 Å². The molecule has 2 saturated carbocycles. The number of rotatable bonds is 3. The molecule has 6 atom stereocenters. The molecular weight excluding hydrogens is 356 g/mol. The lowest BCUT2D eigenvalue weighted by molar-refractivity contribution is -0.144. The van der Waals surface area contributed by atoms with E-state index in [1.54, 1.807) is 18.1 Å². The molecule has 2 nitrogen and oxygen atoms in total. The van der Waals surface area contributed by atoms with Crippen LogP contribution >= 0.6 is 0 Å². The van der Waals surface area contributed by atoms with Crippen LogP contribution in [0.4, 0.5) is 0 Å². The zero-order valence-corrected chi connectivity index (χ0v) is 19.7. The van der Waals surface area contributed by atoms with Crippen LogP contribution in [0.25, 0.3) is 0 Å². The second-order valence-corrected chi connectivity index (χ2v) is 12.1. The Kier molecular flexibility index (Phi) is 4.66. The summed E-state index contributed by atoms with van der Waals surface area (Å²) in [6, 6.07) is 0. The van der Waals surface area contributed by atoms with Crippen LogP contribution in [0.15, 0.2) is 23.3 Å². The second kappa shape index (κ2) is 6.41. The topological polar surface area (TPSA) is 34.1 Å². The monoisotopic (exact) mass is 396 g/mol. The van der Waals surface area contributed by atoms with Gasteiger partial charge in [-0.25, -0.2) is 0 Å². The number of Topliss-reactive ketones (excluding diaryl/α,β-unsaturated/α-hetero) is 2. The van der Waals surface area contributed by atoms with Gasteiger partial charge in [0.2, 0.25) is 0 Å². The van der Waals surface area contributed by atoms with Crippen LogP contribution in [0.2, 0.25) is 0 Å². The van der Waals surface area contributed by atoms with Gasteiger partial charge < -0.3 is 4.79 Å². The van der Waals surface area contributed by atoms with Gasteiger partial charge in [0.15, 0.2) is 0 Å². The van der Waals surface area contributed by atoms with Gasteiger partial charge in [0.05, 0.1) is 0 Å². The Morgan fingerprint density at radius 2 is 1.83 bits per heavy atom. The summed E-state index contributed by atoms with van der Waals surface area (Å²) in [5.74, 6) is 2.21. The molecular formula is C27H40O2. The predicted molar refractivity (Wildman–Crippen MR) is 118 cm³/mol. The highest BCUT2D eigenvalue weighted by atomic mass is 16.1. The molecule has 2 heteroatoms. The van der Waals surface area contributed by atoms with E-state index in [0.717, 1.165) is 25.7 Å². The normalized spacial score (nSPS) is 44.2. The SMILES string of the molecule is CC(=O)C[C@@H](C)[C@]1(C)CC=C2C3=CC[C@H]4C(C)(C)C(=O)CC[C@]4(C)[C@@H]3CC[C@]21C. The van der Waals surface area contributed by atoms with Gasteiger partial charge in [-0.15, -0.1) is 0 Å². The molecule has 4 aliphatic rings. The number of hydrogen-bond acceptors (Lipinski definition) is 2. The summed E-state index contributed by atoms with van der Waals surface area (Å²) < 4.78 is 0. The third-order valence-corrected chi connectivity index (χ3v) is 10.5. The predicted octanol–water partition coefficient (Wildman–Crippen LogP) is 6.70. The van der Waals surface area contributed by atoms with E-state index in [1.165, 1.54) is 12.8 Å². The van der Waals surface area contributed by atoms with Crippen LogP contribution in [-0.4, -0.2) is 11.6 Å². The zero-order valence-electron chi connectivity index (χ0n) is 19.7. The highest BCUT2D eigenvalue weighted by Crippen LogP contribution is 2.69. The fourth-order valence-corrected chi connectivity index (χ4v) is 8.17. The minimum atomic E-state index is -0.204. The fourth-order valence-electron chi connectivity index (χ4n) is 8.17. The first-order valence-electron chi connectivity index (χ1n) is 11.8. The molecule has 0 radical (unpaired) electrons. The number of ketones is 2. The van der Waals surface area contributed by atoms with Crippen LogP contribution in [0.1, 0.15) is 93.4 Å². The first-order valence-corrected chi connectivity index (χ1v) is 11.8.